The third-order valence-corrected chi connectivity index (χ3v) is 2.11. The summed E-state index contributed by atoms with van der Waals surface area (Å²) in [7, 11) is 0. The number of benzene rings is 1. The minimum absolute atomic E-state index is 0.00911. The first-order valence-corrected chi connectivity index (χ1v) is 5.27. The van der Waals surface area contributed by atoms with Crippen LogP contribution in [0.15, 0.2) is 18.2 Å². The van der Waals surface area contributed by atoms with Gasteiger partial charge >= 0.3 is 0 Å². The van der Waals surface area contributed by atoms with Crippen LogP contribution in [0.3, 0.4) is 0 Å². The van der Waals surface area contributed by atoms with Crippen molar-refractivity contribution in [1.29, 1.82) is 0 Å². The zero-order chi connectivity index (χ0) is 12.7. The summed E-state index contributed by atoms with van der Waals surface area (Å²) in [6, 6.07) is 4.84. The van der Waals surface area contributed by atoms with E-state index in [1.165, 1.54) is 0 Å². The molecule has 0 unspecified atom stereocenters. The summed E-state index contributed by atoms with van der Waals surface area (Å²) in [5, 5.41) is 11.5. The molecule has 0 aliphatic rings. The summed E-state index contributed by atoms with van der Waals surface area (Å²) in [5.74, 6) is -0.510. The number of aliphatic hydroxyl groups is 1. The van der Waals surface area contributed by atoms with Gasteiger partial charge in [0.2, 0.25) is 0 Å². The number of ether oxygens (including phenoxy) is 1. The molecule has 0 spiro atoms. The summed E-state index contributed by atoms with van der Waals surface area (Å²) in [4.78, 5) is 11.1. The van der Waals surface area contributed by atoms with Crippen molar-refractivity contribution < 1.29 is 14.6 Å². The first-order chi connectivity index (χ1) is 8.15. The second-order valence-corrected chi connectivity index (χ2v) is 3.43. The van der Waals surface area contributed by atoms with Gasteiger partial charge in [-0.05, 0) is 18.2 Å². The smallest absolute Gasteiger partial charge is 0.250 e. The van der Waals surface area contributed by atoms with E-state index in [1.807, 2.05) is 0 Å². The van der Waals surface area contributed by atoms with Crippen LogP contribution >= 0.6 is 0 Å². The highest BCUT2D eigenvalue weighted by atomic mass is 16.5. The molecule has 6 heteroatoms. The Bertz CT molecular complexity index is 382. The number of nitrogen functional groups attached to an aromatic ring is 1. The Balaban J connectivity index is 2.56. The maximum Gasteiger partial charge on any atom is 0.250 e. The normalized spacial score (nSPS) is 10.2. The minimum atomic E-state index is -0.510. The van der Waals surface area contributed by atoms with E-state index in [4.69, 9.17) is 21.3 Å². The van der Waals surface area contributed by atoms with Gasteiger partial charge in [-0.15, -0.1) is 0 Å². The molecule has 0 radical (unpaired) electrons. The Morgan fingerprint density at radius 2 is 2.18 bits per heavy atom. The van der Waals surface area contributed by atoms with Gasteiger partial charge in [-0.1, -0.05) is 0 Å². The average molecular weight is 239 g/mol. The molecule has 0 heterocycles. The molecule has 0 fully saturated rings. The molecule has 6 N–H and O–H groups in total. The summed E-state index contributed by atoms with van der Waals surface area (Å²) in [5.41, 5.74) is 12.4. The van der Waals surface area contributed by atoms with E-state index in [-0.39, 0.29) is 6.61 Å². The Morgan fingerprint density at radius 3 is 2.82 bits per heavy atom. The number of hydrogen-bond donors (Lipinski definition) is 4. The molecule has 1 aromatic carbocycles. The Morgan fingerprint density at radius 1 is 1.41 bits per heavy atom. The van der Waals surface area contributed by atoms with Gasteiger partial charge in [0.25, 0.3) is 5.91 Å². The van der Waals surface area contributed by atoms with Gasteiger partial charge in [-0.25, -0.2) is 0 Å². The van der Waals surface area contributed by atoms with E-state index >= 15 is 0 Å². The van der Waals surface area contributed by atoms with E-state index in [2.05, 4.69) is 5.32 Å². The lowest BCUT2D eigenvalue weighted by Gasteiger charge is -2.10. The molecule has 0 aliphatic carbocycles. The van der Waals surface area contributed by atoms with Crippen molar-refractivity contribution in [1.82, 2.24) is 0 Å². The zero-order valence-corrected chi connectivity index (χ0v) is 9.48. The van der Waals surface area contributed by atoms with E-state index < -0.39 is 5.91 Å². The molecule has 0 atom stereocenters. The standard InChI is InChI=1S/C11H17N3O3/c12-8-1-2-9(11(13)16)10(7-8)14-3-5-17-6-4-15/h1-2,7,14-15H,3-6,12H2,(H2,13,16). The van der Waals surface area contributed by atoms with Crippen LogP contribution in [0.1, 0.15) is 10.4 Å². The molecule has 0 aliphatic heterocycles. The van der Waals surface area contributed by atoms with Crippen LogP contribution in [-0.2, 0) is 4.74 Å². The number of hydrogen-bond acceptors (Lipinski definition) is 5. The lowest BCUT2D eigenvalue weighted by Crippen LogP contribution is -2.17. The highest BCUT2D eigenvalue weighted by Crippen LogP contribution is 2.18. The fraction of sp³-hybridized carbons (Fsp3) is 0.364. The molecule has 17 heavy (non-hydrogen) atoms. The number of amides is 1. The van der Waals surface area contributed by atoms with Crippen molar-refractivity contribution in [2.45, 2.75) is 0 Å². The molecule has 0 aromatic heterocycles. The molecular formula is C11H17N3O3. The van der Waals surface area contributed by atoms with Crippen LogP contribution in [0.25, 0.3) is 0 Å². The maximum absolute atomic E-state index is 11.1. The summed E-state index contributed by atoms with van der Waals surface area (Å²) in [6.45, 7) is 1.21. The molecule has 0 bridgehead atoms. The van der Waals surface area contributed by atoms with E-state index in [9.17, 15) is 4.79 Å². The molecule has 1 rings (SSSR count). The Hall–Kier alpha value is -1.79. The Kier molecular flexibility index (Phi) is 5.25. The van der Waals surface area contributed by atoms with Gasteiger partial charge in [0.1, 0.15) is 0 Å². The lowest BCUT2D eigenvalue weighted by molar-refractivity contribution is 0.0989. The number of anilines is 2. The maximum atomic E-state index is 11.1. The number of aliphatic hydroxyl groups excluding tert-OH is 1. The summed E-state index contributed by atoms with van der Waals surface area (Å²) in [6.07, 6.45) is 0. The second-order valence-electron chi connectivity index (χ2n) is 3.43. The highest BCUT2D eigenvalue weighted by molar-refractivity contribution is 5.99. The number of carbonyl (C=O) groups is 1. The van der Waals surface area contributed by atoms with Crippen LogP contribution in [0.5, 0.6) is 0 Å². The second kappa shape index (κ2) is 6.72. The SMILES string of the molecule is NC(=O)c1ccc(N)cc1NCCOCCO. The van der Waals surface area contributed by atoms with E-state index in [1.54, 1.807) is 18.2 Å². The first kappa shape index (κ1) is 13.3. The molecular weight excluding hydrogens is 222 g/mol. The number of nitrogens with two attached hydrogens (primary N) is 2. The fourth-order valence-corrected chi connectivity index (χ4v) is 1.35. The van der Waals surface area contributed by atoms with E-state index in [0.717, 1.165) is 0 Å². The molecule has 1 aromatic rings. The van der Waals surface area contributed by atoms with Gasteiger partial charge in [-0.2, -0.15) is 0 Å². The van der Waals surface area contributed by atoms with Crippen molar-refractivity contribution in [2.75, 3.05) is 37.4 Å². The quantitative estimate of drug-likeness (QED) is 0.388. The summed E-state index contributed by atoms with van der Waals surface area (Å²) >= 11 is 0. The highest BCUT2D eigenvalue weighted by Gasteiger charge is 2.07. The summed E-state index contributed by atoms with van der Waals surface area (Å²) < 4.78 is 5.08. The fourth-order valence-electron chi connectivity index (χ4n) is 1.35. The van der Waals surface area contributed by atoms with Crippen LogP contribution in [0.2, 0.25) is 0 Å². The predicted octanol–water partition coefficient (Wildman–Crippen LogP) is -0.212. The van der Waals surface area contributed by atoms with Crippen LogP contribution in [0, 0.1) is 0 Å². The van der Waals surface area contributed by atoms with Gasteiger partial charge in [0, 0.05) is 17.9 Å². The Labute approximate surface area is 99.6 Å². The minimum Gasteiger partial charge on any atom is -0.399 e. The topological polar surface area (TPSA) is 111 Å². The predicted molar refractivity (Wildman–Crippen MR) is 65.8 cm³/mol. The van der Waals surface area contributed by atoms with Gasteiger partial charge in [-0.3, -0.25) is 4.79 Å². The molecule has 0 saturated heterocycles. The van der Waals surface area contributed by atoms with E-state index in [0.29, 0.717) is 36.7 Å². The lowest BCUT2D eigenvalue weighted by atomic mass is 10.1. The molecule has 6 nitrogen and oxygen atoms in total. The van der Waals surface area contributed by atoms with Gasteiger partial charge in [0.15, 0.2) is 0 Å². The van der Waals surface area contributed by atoms with Crippen molar-refractivity contribution in [2.24, 2.45) is 5.73 Å². The van der Waals surface area contributed by atoms with Crippen LogP contribution < -0.4 is 16.8 Å². The largest absolute Gasteiger partial charge is 0.399 e. The van der Waals surface area contributed by atoms with Crippen LogP contribution in [-0.4, -0.2) is 37.4 Å². The van der Waals surface area contributed by atoms with Crippen molar-refractivity contribution in [3.8, 4) is 0 Å². The monoisotopic (exact) mass is 239 g/mol. The third-order valence-electron chi connectivity index (χ3n) is 2.11. The van der Waals surface area contributed by atoms with Gasteiger partial charge < -0.3 is 26.6 Å². The molecule has 1 amide bonds. The van der Waals surface area contributed by atoms with Crippen molar-refractivity contribution >= 4 is 17.3 Å². The van der Waals surface area contributed by atoms with Crippen molar-refractivity contribution in [3.63, 3.8) is 0 Å². The average Bonchev–Trinajstić information content (AvgIpc) is 2.28. The van der Waals surface area contributed by atoms with Gasteiger partial charge in [0.05, 0.1) is 25.4 Å². The number of carbonyl (C=O) groups excluding carboxylic acids is 1. The molecule has 94 valence electrons. The number of nitrogens with one attached hydrogen (secondary N) is 1. The number of primary amides is 1. The van der Waals surface area contributed by atoms with Crippen molar-refractivity contribution in [3.05, 3.63) is 23.8 Å². The van der Waals surface area contributed by atoms with Crippen LogP contribution in [0.4, 0.5) is 11.4 Å². The molecule has 0 saturated carbocycles. The zero-order valence-electron chi connectivity index (χ0n) is 9.48. The first-order valence-electron chi connectivity index (χ1n) is 5.27. The number of rotatable bonds is 7. The third kappa shape index (κ3) is 4.29.